The van der Waals surface area contributed by atoms with E-state index in [0.717, 1.165) is 61.0 Å². The summed E-state index contributed by atoms with van der Waals surface area (Å²) in [6.45, 7) is 0.630. The van der Waals surface area contributed by atoms with E-state index in [1.165, 1.54) is 12.4 Å². The number of nitrogens with two attached hydrogens (primary N) is 1. The van der Waals surface area contributed by atoms with E-state index in [0.29, 0.717) is 6.54 Å². The first kappa shape index (κ1) is 23.0. The summed E-state index contributed by atoms with van der Waals surface area (Å²) in [5, 5.41) is 9.71. The van der Waals surface area contributed by atoms with Crippen molar-refractivity contribution in [3.05, 3.63) is 90.8 Å². The van der Waals surface area contributed by atoms with Crippen LogP contribution in [0.15, 0.2) is 79.4 Å². The highest BCUT2D eigenvalue weighted by Crippen LogP contribution is 2.36. The number of nitrogens with zero attached hydrogens (tertiary/aromatic N) is 4. The maximum atomic E-state index is 14.7. The topological polar surface area (TPSA) is 99.5 Å². The van der Waals surface area contributed by atoms with E-state index in [-0.39, 0.29) is 11.9 Å². The van der Waals surface area contributed by atoms with Crippen LogP contribution in [0.3, 0.4) is 0 Å². The second-order valence-electron chi connectivity index (χ2n) is 9.55. The second-order valence-corrected chi connectivity index (χ2v) is 9.55. The Labute approximate surface area is 213 Å². The van der Waals surface area contributed by atoms with Gasteiger partial charge in [-0.15, -0.1) is 0 Å². The van der Waals surface area contributed by atoms with E-state index in [1.807, 2.05) is 55.4 Å². The van der Waals surface area contributed by atoms with Gasteiger partial charge < -0.3 is 15.6 Å². The Morgan fingerprint density at radius 1 is 0.892 bits per heavy atom. The molecule has 37 heavy (non-hydrogen) atoms. The van der Waals surface area contributed by atoms with Crippen molar-refractivity contribution in [3.8, 4) is 33.6 Å². The molecule has 1 atom stereocenters. The second kappa shape index (κ2) is 9.24. The number of benzene rings is 3. The van der Waals surface area contributed by atoms with E-state index in [9.17, 15) is 4.39 Å². The van der Waals surface area contributed by atoms with Crippen molar-refractivity contribution >= 4 is 21.8 Å². The Kier molecular flexibility index (Phi) is 5.75. The zero-order valence-corrected chi connectivity index (χ0v) is 20.5. The molecule has 0 spiro atoms. The van der Waals surface area contributed by atoms with Gasteiger partial charge >= 0.3 is 0 Å². The van der Waals surface area contributed by atoms with Gasteiger partial charge in [0.15, 0.2) is 0 Å². The van der Waals surface area contributed by atoms with Crippen LogP contribution in [0.25, 0.3) is 55.4 Å². The van der Waals surface area contributed by atoms with Gasteiger partial charge in [0.05, 0.1) is 11.2 Å². The van der Waals surface area contributed by atoms with Crippen LogP contribution in [0.5, 0.6) is 0 Å². The summed E-state index contributed by atoms with van der Waals surface area (Å²) in [6.07, 6.45) is 5.10. The maximum absolute atomic E-state index is 14.7. The summed E-state index contributed by atoms with van der Waals surface area (Å²) in [5.74, 6) is -0.301. The number of fused-ring (bicyclic) bond motifs is 2. The lowest BCUT2D eigenvalue weighted by molar-refractivity contribution is 0.376. The van der Waals surface area contributed by atoms with Crippen molar-refractivity contribution in [1.82, 2.24) is 30.0 Å². The Morgan fingerprint density at radius 3 is 2.54 bits per heavy atom. The molecule has 6 aromatic rings. The van der Waals surface area contributed by atoms with Crippen molar-refractivity contribution in [1.29, 1.82) is 0 Å². The zero-order chi connectivity index (χ0) is 25.5. The number of H-pyrrole nitrogens is 2. The van der Waals surface area contributed by atoms with E-state index in [4.69, 9.17) is 5.73 Å². The molecule has 3 heterocycles. The number of rotatable bonds is 6. The molecule has 8 heteroatoms. The standard InChI is InChI=1S/C29H26FN7/c1-37(2)15-25(31)19-8-18(9-21(30)10-19)22-4-3-5-26-23(22)12-28(34-26)29-24-11-17(6-7-27(24)35-36-29)20-13-32-16-33-14-20/h3-14,16,25,34H,15,31H2,1-2H3,(H,35,36). The van der Waals surface area contributed by atoms with Crippen molar-refractivity contribution in [2.24, 2.45) is 5.73 Å². The fourth-order valence-electron chi connectivity index (χ4n) is 4.86. The number of aromatic nitrogens is 5. The molecule has 0 aliphatic rings. The van der Waals surface area contributed by atoms with Crippen LogP contribution in [0, 0.1) is 5.82 Å². The average molecular weight is 492 g/mol. The molecule has 1 unspecified atom stereocenters. The SMILES string of the molecule is CN(C)CC(N)c1cc(F)cc(-c2cccc3[nH]c(-c4n[nH]c5ccc(-c6cncnc6)cc45)cc23)c1. The van der Waals surface area contributed by atoms with Crippen molar-refractivity contribution < 1.29 is 4.39 Å². The highest BCUT2D eigenvalue weighted by atomic mass is 19.1. The van der Waals surface area contributed by atoms with Gasteiger partial charge in [0, 0.05) is 46.8 Å². The fraction of sp³-hybridized carbons (Fsp3) is 0.138. The largest absolute Gasteiger partial charge is 0.353 e. The minimum atomic E-state index is -0.301. The number of aromatic amines is 2. The first-order valence-corrected chi connectivity index (χ1v) is 12.0. The number of halogens is 1. The number of nitrogens with one attached hydrogen (secondary N) is 2. The van der Waals surface area contributed by atoms with Gasteiger partial charge in [-0.25, -0.2) is 14.4 Å². The van der Waals surface area contributed by atoms with Gasteiger partial charge in [0.2, 0.25) is 0 Å². The normalized spacial score (nSPS) is 12.6. The van der Waals surface area contributed by atoms with Crippen LogP contribution in [0.4, 0.5) is 4.39 Å². The smallest absolute Gasteiger partial charge is 0.124 e. The fourth-order valence-corrected chi connectivity index (χ4v) is 4.86. The third kappa shape index (κ3) is 4.37. The quantitative estimate of drug-likeness (QED) is 0.284. The third-order valence-electron chi connectivity index (χ3n) is 6.60. The third-order valence-corrected chi connectivity index (χ3v) is 6.60. The van der Waals surface area contributed by atoms with Crippen LogP contribution in [-0.2, 0) is 0 Å². The summed E-state index contributed by atoms with van der Waals surface area (Å²) < 4.78 is 14.7. The number of hydrogen-bond donors (Lipinski definition) is 3. The van der Waals surface area contributed by atoms with E-state index in [1.54, 1.807) is 18.5 Å². The van der Waals surface area contributed by atoms with Gasteiger partial charge in [-0.3, -0.25) is 5.10 Å². The predicted molar refractivity (Wildman–Crippen MR) is 145 cm³/mol. The molecular formula is C29H26FN7. The molecule has 3 aromatic carbocycles. The molecule has 0 aliphatic heterocycles. The molecule has 3 aromatic heterocycles. The molecule has 184 valence electrons. The number of hydrogen-bond acceptors (Lipinski definition) is 5. The molecule has 0 fully saturated rings. The van der Waals surface area contributed by atoms with Gasteiger partial charge in [-0.2, -0.15) is 5.10 Å². The highest BCUT2D eigenvalue weighted by molar-refractivity contribution is 6.01. The summed E-state index contributed by atoms with van der Waals surface area (Å²) in [5.41, 5.74) is 14.4. The summed E-state index contributed by atoms with van der Waals surface area (Å²) >= 11 is 0. The van der Waals surface area contributed by atoms with Gasteiger partial charge in [0.1, 0.15) is 17.8 Å². The predicted octanol–water partition coefficient (Wildman–Crippen LogP) is 5.54. The van der Waals surface area contributed by atoms with Crippen LogP contribution in [-0.4, -0.2) is 50.7 Å². The molecule has 0 amide bonds. The lowest BCUT2D eigenvalue weighted by atomic mass is 9.97. The molecule has 0 saturated heterocycles. The lowest BCUT2D eigenvalue weighted by Gasteiger charge is -2.18. The number of likely N-dealkylation sites (N-methyl/N-ethyl adjacent to an activating group) is 1. The molecule has 6 rings (SSSR count). The minimum absolute atomic E-state index is 0.287. The van der Waals surface area contributed by atoms with Crippen molar-refractivity contribution in [3.63, 3.8) is 0 Å². The summed E-state index contributed by atoms with van der Waals surface area (Å²) in [6, 6.07) is 19.0. The van der Waals surface area contributed by atoms with Crippen LogP contribution in [0.2, 0.25) is 0 Å². The van der Waals surface area contributed by atoms with Gasteiger partial charge in [-0.05, 0) is 78.8 Å². The van der Waals surface area contributed by atoms with Crippen LogP contribution in [0.1, 0.15) is 11.6 Å². The molecule has 4 N–H and O–H groups in total. The molecule has 7 nitrogen and oxygen atoms in total. The monoisotopic (exact) mass is 491 g/mol. The molecule has 0 bridgehead atoms. The van der Waals surface area contributed by atoms with E-state index < -0.39 is 0 Å². The Balaban J connectivity index is 1.45. The molecular weight excluding hydrogens is 465 g/mol. The zero-order valence-electron chi connectivity index (χ0n) is 20.5. The molecule has 0 radical (unpaired) electrons. The Bertz CT molecular complexity index is 1720. The Morgan fingerprint density at radius 2 is 1.73 bits per heavy atom. The van der Waals surface area contributed by atoms with Crippen molar-refractivity contribution in [2.45, 2.75) is 6.04 Å². The summed E-state index contributed by atoms with van der Waals surface area (Å²) in [7, 11) is 3.91. The molecule has 0 saturated carbocycles. The first-order chi connectivity index (χ1) is 18.0. The van der Waals surface area contributed by atoms with Crippen LogP contribution >= 0.6 is 0 Å². The first-order valence-electron chi connectivity index (χ1n) is 12.0. The Hall–Kier alpha value is -4.40. The van der Waals surface area contributed by atoms with E-state index >= 15 is 0 Å². The van der Waals surface area contributed by atoms with Gasteiger partial charge in [-0.1, -0.05) is 18.2 Å². The maximum Gasteiger partial charge on any atom is 0.124 e. The molecule has 0 aliphatic carbocycles. The minimum Gasteiger partial charge on any atom is -0.353 e. The lowest BCUT2D eigenvalue weighted by Crippen LogP contribution is -2.26. The van der Waals surface area contributed by atoms with Gasteiger partial charge in [0.25, 0.3) is 0 Å². The highest BCUT2D eigenvalue weighted by Gasteiger charge is 2.16. The van der Waals surface area contributed by atoms with E-state index in [2.05, 4.69) is 37.3 Å². The average Bonchev–Trinajstić information content (AvgIpc) is 3.52. The summed E-state index contributed by atoms with van der Waals surface area (Å²) in [4.78, 5) is 13.8. The van der Waals surface area contributed by atoms with Crippen molar-refractivity contribution in [2.75, 3.05) is 20.6 Å². The van der Waals surface area contributed by atoms with Crippen LogP contribution < -0.4 is 5.73 Å².